The van der Waals surface area contributed by atoms with E-state index in [0.717, 1.165) is 11.1 Å². The number of benzene rings is 3. The van der Waals surface area contributed by atoms with Crippen molar-refractivity contribution in [3.05, 3.63) is 93.1 Å². The van der Waals surface area contributed by atoms with Crippen LogP contribution in [0.1, 0.15) is 16.1 Å². The molecule has 0 aliphatic heterocycles. The van der Waals surface area contributed by atoms with Crippen LogP contribution in [0.25, 0.3) is 11.3 Å². The van der Waals surface area contributed by atoms with E-state index in [1.165, 1.54) is 18.2 Å². The predicted molar refractivity (Wildman–Crippen MR) is 128 cm³/mol. The Morgan fingerprint density at radius 1 is 1.06 bits per heavy atom. The fourth-order valence-electron chi connectivity index (χ4n) is 3.20. The summed E-state index contributed by atoms with van der Waals surface area (Å²) in [5.41, 5.74) is 2.24. The quantitative estimate of drug-likeness (QED) is 0.248. The van der Waals surface area contributed by atoms with Gasteiger partial charge in [0.2, 0.25) is 0 Å². The molecule has 0 atom stereocenters. The molecule has 0 radical (unpaired) electrons. The van der Waals surface area contributed by atoms with Gasteiger partial charge in [-0.3, -0.25) is 20.0 Å². The van der Waals surface area contributed by atoms with Crippen LogP contribution < -0.4 is 14.8 Å². The monoisotopic (exact) mass is 478 g/mol. The number of aromatic amines is 1. The first-order valence-electron chi connectivity index (χ1n) is 10.1. The SMILES string of the molecule is COc1cccc(-c2cc(C(=O)Nc3cc(Oc4ccc(Cl)c(C)c4)cc([N+](=O)[O-])c3)[nH]n2)c1. The van der Waals surface area contributed by atoms with Crippen molar-refractivity contribution in [2.75, 3.05) is 12.4 Å². The maximum atomic E-state index is 12.8. The van der Waals surface area contributed by atoms with Crippen molar-refractivity contribution >= 4 is 28.9 Å². The molecule has 0 saturated carbocycles. The van der Waals surface area contributed by atoms with Crippen LogP contribution in [0.5, 0.6) is 17.2 Å². The van der Waals surface area contributed by atoms with Crippen LogP contribution in [-0.4, -0.2) is 28.1 Å². The number of non-ortho nitro benzene ring substituents is 1. The second-order valence-corrected chi connectivity index (χ2v) is 7.75. The van der Waals surface area contributed by atoms with E-state index in [9.17, 15) is 14.9 Å². The highest BCUT2D eigenvalue weighted by Crippen LogP contribution is 2.31. The molecule has 2 N–H and O–H groups in total. The molecule has 9 nitrogen and oxygen atoms in total. The Labute approximate surface area is 199 Å². The third-order valence-corrected chi connectivity index (χ3v) is 5.34. The minimum absolute atomic E-state index is 0.181. The number of H-pyrrole nitrogens is 1. The average molecular weight is 479 g/mol. The number of nitro groups is 1. The number of aryl methyl sites for hydroxylation is 1. The molecule has 172 valence electrons. The van der Waals surface area contributed by atoms with Crippen LogP contribution in [0.4, 0.5) is 11.4 Å². The van der Waals surface area contributed by atoms with Gasteiger partial charge in [-0.15, -0.1) is 0 Å². The molecule has 0 bridgehead atoms. The van der Waals surface area contributed by atoms with Gasteiger partial charge in [0.1, 0.15) is 22.9 Å². The Morgan fingerprint density at radius 3 is 2.62 bits per heavy atom. The number of methoxy groups -OCH3 is 1. The number of hydrogen-bond acceptors (Lipinski definition) is 6. The molecule has 0 spiro atoms. The van der Waals surface area contributed by atoms with Crippen LogP contribution in [0.15, 0.2) is 66.7 Å². The summed E-state index contributed by atoms with van der Waals surface area (Å²) in [5, 5.41) is 21.5. The molecule has 0 aliphatic rings. The zero-order chi connectivity index (χ0) is 24.2. The maximum Gasteiger partial charge on any atom is 0.275 e. The van der Waals surface area contributed by atoms with Gasteiger partial charge >= 0.3 is 0 Å². The molecule has 3 aromatic carbocycles. The molecule has 1 aromatic heterocycles. The highest BCUT2D eigenvalue weighted by Gasteiger charge is 2.16. The lowest BCUT2D eigenvalue weighted by atomic mass is 10.1. The number of nitrogens with zero attached hydrogens (tertiary/aromatic N) is 2. The standard InChI is InChI=1S/C24H19ClN4O5/c1-14-8-19(6-7-21(14)25)34-20-11-16(10-17(12-20)29(31)32)26-24(30)23-13-22(27-28-23)15-4-3-5-18(9-15)33-2/h3-13H,1-2H3,(H,26,30)(H,27,28). The Bertz CT molecular complexity index is 1390. The van der Waals surface area contributed by atoms with Crippen molar-refractivity contribution in [1.82, 2.24) is 10.2 Å². The van der Waals surface area contributed by atoms with E-state index < -0.39 is 10.8 Å². The van der Waals surface area contributed by atoms with E-state index in [-0.39, 0.29) is 22.8 Å². The number of hydrogen-bond donors (Lipinski definition) is 2. The Morgan fingerprint density at radius 2 is 1.88 bits per heavy atom. The lowest BCUT2D eigenvalue weighted by Crippen LogP contribution is -2.12. The molecule has 0 fully saturated rings. The van der Waals surface area contributed by atoms with E-state index in [1.807, 2.05) is 19.1 Å². The summed E-state index contributed by atoms with van der Waals surface area (Å²) in [4.78, 5) is 23.6. The molecule has 34 heavy (non-hydrogen) atoms. The zero-order valence-electron chi connectivity index (χ0n) is 18.2. The first kappa shape index (κ1) is 22.8. The molecular weight excluding hydrogens is 460 g/mol. The van der Waals surface area contributed by atoms with Crippen molar-refractivity contribution in [3.8, 4) is 28.5 Å². The van der Waals surface area contributed by atoms with Crippen molar-refractivity contribution < 1.29 is 19.2 Å². The van der Waals surface area contributed by atoms with E-state index in [0.29, 0.717) is 22.2 Å². The fourth-order valence-corrected chi connectivity index (χ4v) is 3.32. The third-order valence-electron chi connectivity index (χ3n) is 4.91. The normalized spacial score (nSPS) is 10.6. The van der Waals surface area contributed by atoms with E-state index in [4.69, 9.17) is 21.1 Å². The molecule has 4 aromatic rings. The van der Waals surface area contributed by atoms with Gasteiger partial charge in [-0.05, 0) is 48.9 Å². The second-order valence-electron chi connectivity index (χ2n) is 7.34. The smallest absolute Gasteiger partial charge is 0.275 e. The van der Waals surface area contributed by atoms with Gasteiger partial charge in [0.15, 0.2) is 0 Å². The fraction of sp³-hybridized carbons (Fsp3) is 0.0833. The summed E-state index contributed by atoms with van der Waals surface area (Å²) in [6.45, 7) is 1.82. The highest BCUT2D eigenvalue weighted by atomic mass is 35.5. The van der Waals surface area contributed by atoms with Crippen LogP contribution in [-0.2, 0) is 0 Å². The van der Waals surface area contributed by atoms with Crippen LogP contribution >= 0.6 is 11.6 Å². The van der Waals surface area contributed by atoms with Gasteiger partial charge in [0, 0.05) is 22.7 Å². The lowest BCUT2D eigenvalue weighted by molar-refractivity contribution is -0.384. The number of carbonyl (C=O) groups excluding carboxylic acids is 1. The van der Waals surface area contributed by atoms with Gasteiger partial charge in [-0.2, -0.15) is 5.10 Å². The van der Waals surface area contributed by atoms with Crippen molar-refractivity contribution in [1.29, 1.82) is 0 Å². The molecule has 1 amide bonds. The number of amides is 1. The molecular formula is C24H19ClN4O5. The maximum absolute atomic E-state index is 12.8. The molecule has 0 aliphatic carbocycles. The molecule has 0 unspecified atom stereocenters. The van der Waals surface area contributed by atoms with Gasteiger partial charge in [0.25, 0.3) is 11.6 Å². The summed E-state index contributed by atoms with van der Waals surface area (Å²) in [7, 11) is 1.56. The van der Waals surface area contributed by atoms with Gasteiger partial charge in [0.05, 0.1) is 29.5 Å². The van der Waals surface area contributed by atoms with E-state index in [2.05, 4.69) is 15.5 Å². The number of nitrogens with one attached hydrogen (secondary N) is 2. The van der Waals surface area contributed by atoms with Crippen molar-refractivity contribution in [2.45, 2.75) is 6.92 Å². The third kappa shape index (κ3) is 5.16. The largest absolute Gasteiger partial charge is 0.497 e. The summed E-state index contributed by atoms with van der Waals surface area (Å²) >= 11 is 6.04. The van der Waals surface area contributed by atoms with Crippen molar-refractivity contribution in [3.63, 3.8) is 0 Å². The summed E-state index contributed by atoms with van der Waals surface area (Å²) in [6.07, 6.45) is 0. The summed E-state index contributed by atoms with van der Waals surface area (Å²) in [5.74, 6) is 0.783. The number of rotatable bonds is 7. The van der Waals surface area contributed by atoms with Gasteiger partial charge in [-0.25, -0.2) is 0 Å². The number of carbonyl (C=O) groups is 1. The van der Waals surface area contributed by atoms with E-state index >= 15 is 0 Å². The Hall–Kier alpha value is -4.37. The second kappa shape index (κ2) is 9.63. The Kier molecular flexibility index (Phi) is 6.46. The minimum Gasteiger partial charge on any atom is -0.497 e. The minimum atomic E-state index is -0.563. The summed E-state index contributed by atoms with van der Waals surface area (Å²) < 4.78 is 11.0. The van der Waals surface area contributed by atoms with E-state index in [1.54, 1.807) is 43.5 Å². The van der Waals surface area contributed by atoms with Gasteiger partial charge < -0.3 is 14.8 Å². The first-order valence-corrected chi connectivity index (χ1v) is 10.4. The van der Waals surface area contributed by atoms with Gasteiger partial charge in [-0.1, -0.05) is 23.7 Å². The zero-order valence-corrected chi connectivity index (χ0v) is 18.9. The predicted octanol–water partition coefficient (Wildman–Crippen LogP) is 6.00. The topological polar surface area (TPSA) is 119 Å². The molecule has 4 rings (SSSR count). The number of halogens is 1. The Balaban J connectivity index is 1.57. The first-order chi connectivity index (χ1) is 16.3. The van der Waals surface area contributed by atoms with Crippen LogP contribution in [0.3, 0.4) is 0 Å². The number of aromatic nitrogens is 2. The number of ether oxygens (including phenoxy) is 2. The van der Waals surface area contributed by atoms with Crippen LogP contribution in [0, 0.1) is 17.0 Å². The van der Waals surface area contributed by atoms with Crippen LogP contribution in [0.2, 0.25) is 5.02 Å². The molecule has 10 heteroatoms. The van der Waals surface area contributed by atoms with Crippen molar-refractivity contribution in [2.24, 2.45) is 0 Å². The molecule has 0 saturated heterocycles. The summed E-state index contributed by atoms with van der Waals surface area (Å²) in [6, 6.07) is 17.9. The average Bonchev–Trinajstić information content (AvgIpc) is 3.32. The lowest BCUT2D eigenvalue weighted by Gasteiger charge is -2.10. The number of anilines is 1. The number of nitro benzene ring substituents is 1. The highest BCUT2D eigenvalue weighted by molar-refractivity contribution is 6.31. The molecule has 1 heterocycles.